The Kier molecular flexibility index (Phi) is 7.30. The maximum Gasteiger partial charge on any atom is 0.164 e. The SMILES string of the molecule is C1=CC(c2nc(-c3cccc4sc5cc(-c6nc(-c7ccccc7)nc(-c7cccc8oc9ccccc9c78)n6)ccc5c34)nc3c2sc2ccccc23)=CCC1. The third-order valence-electron chi connectivity index (χ3n) is 10.8. The molecule has 11 aromatic rings. The molecule has 0 radical (unpaired) electrons. The van der Waals surface area contributed by atoms with Gasteiger partial charge in [0.15, 0.2) is 23.3 Å². The van der Waals surface area contributed by atoms with Crippen LogP contribution < -0.4 is 0 Å². The largest absolute Gasteiger partial charge is 0.456 e. The van der Waals surface area contributed by atoms with Crippen molar-refractivity contribution in [3.63, 3.8) is 0 Å². The van der Waals surface area contributed by atoms with Crippen LogP contribution >= 0.6 is 22.7 Å². The number of benzene rings is 6. The number of thiophene rings is 2. The Hall–Kier alpha value is -6.87. The fraction of sp³-hybridized carbons (Fsp3) is 0.0408. The lowest BCUT2D eigenvalue weighted by molar-refractivity contribution is 0.669. The van der Waals surface area contributed by atoms with Gasteiger partial charge in [-0.05, 0) is 48.7 Å². The number of hydrogen-bond acceptors (Lipinski definition) is 8. The Morgan fingerprint density at radius 1 is 0.474 bits per heavy atom. The molecule has 0 N–H and O–H groups in total. The van der Waals surface area contributed by atoms with Gasteiger partial charge in [0.25, 0.3) is 0 Å². The van der Waals surface area contributed by atoms with Gasteiger partial charge < -0.3 is 4.42 Å². The van der Waals surface area contributed by atoms with Crippen LogP contribution in [0, 0.1) is 0 Å². The summed E-state index contributed by atoms with van der Waals surface area (Å²) in [5.74, 6) is 2.57. The van der Waals surface area contributed by atoms with E-state index >= 15 is 0 Å². The van der Waals surface area contributed by atoms with E-state index in [0.717, 1.165) is 99.8 Å². The van der Waals surface area contributed by atoms with Crippen LogP contribution in [0.5, 0.6) is 0 Å². The van der Waals surface area contributed by atoms with Crippen molar-refractivity contribution in [3.8, 4) is 45.6 Å². The van der Waals surface area contributed by atoms with E-state index in [4.69, 9.17) is 29.3 Å². The molecule has 268 valence electrons. The highest BCUT2D eigenvalue weighted by molar-refractivity contribution is 7.26. The van der Waals surface area contributed by atoms with Gasteiger partial charge in [0.1, 0.15) is 11.2 Å². The van der Waals surface area contributed by atoms with Gasteiger partial charge in [0, 0.05) is 63.3 Å². The fourth-order valence-corrected chi connectivity index (χ4v) is 10.5. The first-order chi connectivity index (χ1) is 28.2. The molecule has 0 fully saturated rings. The molecule has 0 spiro atoms. The summed E-state index contributed by atoms with van der Waals surface area (Å²) < 4.78 is 10.9. The summed E-state index contributed by atoms with van der Waals surface area (Å²) in [5.41, 5.74) is 8.58. The lowest BCUT2D eigenvalue weighted by atomic mass is 10.0. The zero-order valence-electron chi connectivity index (χ0n) is 30.3. The van der Waals surface area contributed by atoms with Gasteiger partial charge in [-0.2, -0.15) is 0 Å². The molecule has 0 bridgehead atoms. The van der Waals surface area contributed by atoms with E-state index in [2.05, 4.69) is 91.0 Å². The molecular weight excluding hydrogens is 739 g/mol. The normalized spacial score (nSPS) is 13.2. The topological polar surface area (TPSA) is 77.6 Å². The second-order valence-corrected chi connectivity index (χ2v) is 16.4. The molecule has 8 heteroatoms. The molecule has 0 saturated carbocycles. The summed E-state index contributed by atoms with van der Waals surface area (Å²) in [7, 11) is 0. The van der Waals surface area contributed by atoms with Crippen LogP contribution in [-0.2, 0) is 0 Å². The highest BCUT2D eigenvalue weighted by Gasteiger charge is 2.22. The van der Waals surface area contributed by atoms with E-state index < -0.39 is 0 Å². The van der Waals surface area contributed by atoms with Crippen LogP contribution in [0.15, 0.2) is 156 Å². The molecule has 1 aliphatic carbocycles. The molecule has 0 aliphatic heterocycles. The van der Waals surface area contributed by atoms with Gasteiger partial charge in [-0.25, -0.2) is 24.9 Å². The number of nitrogens with zero attached hydrogens (tertiary/aromatic N) is 5. The minimum Gasteiger partial charge on any atom is -0.456 e. The fourth-order valence-electron chi connectivity index (χ4n) is 8.15. The molecule has 6 nitrogen and oxygen atoms in total. The van der Waals surface area contributed by atoms with Crippen molar-refractivity contribution in [1.82, 2.24) is 24.9 Å². The van der Waals surface area contributed by atoms with E-state index in [1.807, 2.05) is 60.7 Å². The molecule has 0 amide bonds. The number of rotatable bonds is 5. The van der Waals surface area contributed by atoms with E-state index in [1.54, 1.807) is 22.7 Å². The molecule has 5 heterocycles. The number of para-hydroxylation sites is 1. The maximum atomic E-state index is 6.25. The van der Waals surface area contributed by atoms with Crippen LogP contribution in [0.2, 0.25) is 0 Å². The molecule has 6 aromatic carbocycles. The van der Waals surface area contributed by atoms with Crippen LogP contribution in [0.3, 0.4) is 0 Å². The highest BCUT2D eigenvalue weighted by Crippen LogP contribution is 2.44. The van der Waals surface area contributed by atoms with Crippen molar-refractivity contribution in [2.75, 3.05) is 0 Å². The smallest absolute Gasteiger partial charge is 0.164 e. The Morgan fingerprint density at radius 3 is 2.07 bits per heavy atom. The van der Waals surface area contributed by atoms with Crippen molar-refractivity contribution >= 4 is 90.7 Å². The molecule has 57 heavy (non-hydrogen) atoms. The number of aromatic nitrogens is 5. The molecule has 12 rings (SSSR count). The van der Waals surface area contributed by atoms with E-state index in [0.29, 0.717) is 17.5 Å². The zero-order chi connectivity index (χ0) is 37.5. The van der Waals surface area contributed by atoms with E-state index in [9.17, 15) is 0 Å². The lowest BCUT2D eigenvalue weighted by Gasteiger charge is -2.11. The van der Waals surface area contributed by atoms with Crippen LogP contribution in [-0.4, -0.2) is 24.9 Å². The summed E-state index contributed by atoms with van der Waals surface area (Å²) >= 11 is 3.54. The summed E-state index contributed by atoms with van der Waals surface area (Å²) in [6.07, 6.45) is 8.84. The van der Waals surface area contributed by atoms with Gasteiger partial charge in [-0.1, -0.05) is 121 Å². The summed E-state index contributed by atoms with van der Waals surface area (Å²) in [4.78, 5) is 26.0. The number of allylic oxidation sites excluding steroid dienone is 4. The molecule has 0 atom stereocenters. The van der Waals surface area contributed by atoms with Gasteiger partial charge >= 0.3 is 0 Å². The average Bonchev–Trinajstić information content (AvgIpc) is 3.97. The molecular formula is C49H29N5OS2. The van der Waals surface area contributed by atoms with Crippen molar-refractivity contribution in [2.24, 2.45) is 0 Å². The predicted molar refractivity (Wildman–Crippen MR) is 237 cm³/mol. The van der Waals surface area contributed by atoms with E-state index in [-0.39, 0.29) is 0 Å². The van der Waals surface area contributed by atoms with Crippen molar-refractivity contribution in [2.45, 2.75) is 12.8 Å². The third kappa shape index (κ3) is 5.25. The zero-order valence-corrected chi connectivity index (χ0v) is 31.9. The summed E-state index contributed by atoms with van der Waals surface area (Å²) in [6.45, 7) is 0. The van der Waals surface area contributed by atoms with Gasteiger partial charge in [0.05, 0.1) is 15.9 Å². The lowest BCUT2D eigenvalue weighted by Crippen LogP contribution is -2.00. The standard InChI is InChI=1S/C49H29N5OS2/c1-3-13-28(14-4-1)43-45-44(33-18-8-10-23-38(33)57-45)51-48(50-43)35-20-12-24-39-42(35)32-26-25-30(27-40(32)56-39)47-52-46(29-15-5-2-6-16-29)53-49(54-47)34-19-11-22-37-41(34)31-17-7-9-21-36(31)55-37/h2-3,5-27H,1,4H2. The second kappa shape index (κ2) is 12.8. The van der Waals surface area contributed by atoms with Crippen LogP contribution in [0.1, 0.15) is 18.5 Å². The quantitative estimate of drug-likeness (QED) is 0.174. The van der Waals surface area contributed by atoms with Crippen molar-refractivity contribution < 1.29 is 4.42 Å². The first-order valence-electron chi connectivity index (χ1n) is 19.0. The first kappa shape index (κ1) is 32.4. The maximum absolute atomic E-state index is 6.25. The first-order valence-corrected chi connectivity index (χ1v) is 20.6. The monoisotopic (exact) mass is 767 g/mol. The Morgan fingerprint density at radius 2 is 1.19 bits per heavy atom. The second-order valence-electron chi connectivity index (χ2n) is 14.3. The van der Waals surface area contributed by atoms with E-state index in [1.165, 1.54) is 14.8 Å². The van der Waals surface area contributed by atoms with Crippen LogP contribution in [0.4, 0.5) is 0 Å². The number of furan rings is 1. The van der Waals surface area contributed by atoms with Crippen molar-refractivity contribution in [1.29, 1.82) is 0 Å². The molecule has 0 unspecified atom stereocenters. The minimum atomic E-state index is 0.599. The number of hydrogen-bond donors (Lipinski definition) is 0. The van der Waals surface area contributed by atoms with Gasteiger partial charge in [0.2, 0.25) is 0 Å². The predicted octanol–water partition coefficient (Wildman–Crippen LogP) is 13.7. The minimum absolute atomic E-state index is 0.599. The molecule has 5 aromatic heterocycles. The van der Waals surface area contributed by atoms with Gasteiger partial charge in [-0.3, -0.25) is 0 Å². The third-order valence-corrected chi connectivity index (χ3v) is 13.1. The van der Waals surface area contributed by atoms with Crippen molar-refractivity contribution in [3.05, 3.63) is 157 Å². The Labute approximate surface area is 334 Å². The molecule has 1 aliphatic rings. The van der Waals surface area contributed by atoms with Gasteiger partial charge in [-0.15, -0.1) is 22.7 Å². The Balaban J connectivity index is 1.04. The number of fused-ring (bicyclic) bond motifs is 9. The molecule has 0 saturated heterocycles. The highest BCUT2D eigenvalue weighted by atomic mass is 32.1. The average molecular weight is 768 g/mol. The van der Waals surface area contributed by atoms with Crippen LogP contribution in [0.25, 0.3) is 114 Å². The summed E-state index contributed by atoms with van der Waals surface area (Å²) in [5, 5.41) is 5.49. The summed E-state index contributed by atoms with van der Waals surface area (Å²) in [6, 6.07) is 45.9. The Bertz CT molecular complexity index is 3480.